The molecule has 1 atom stereocenters. The zero-order valence-electron chi connectivity index (χ0n) is 15.1. The van der Waals surface area contributed by atoms with Gasteiger partial charge in [0.25, 0.3) is 0 Å². The minimum atomic E-state index is -0.440. The number of rotatable bonds is 7. The number of allylic oxidation sites excluding steroid dienone is 1. The molecule has 2 aromatic carbocycles. The molecule has 1 amide bonds. The number of benzene rings is 2. The molecular formula is C20H18ClFN4OS. The third-order valence-electron chi connectivity index (χ3n) is 3.91. The maximum absolute atomic E-state index is 13.2. The molecule has 0 saturated heterocycles. The number of carbonyl (C=O) groups excluding carboxylic acids is 1. The van der Waals surface area contributed by atoms with Crippen molar-refractivity contribution in [3.63, 3.8) is 0 Å². The van der Waals surface area contributed by atoms with Crippen LogP contribution in [-0.2, 0) is 11.3 Å². The maximum atomic E-state index is 13.2. The molecule has 0 unspecified atom stereocenters. The number of nitrogens with one attached hydrogen (secondary N) is 1. The van der Waals surface area contributed by atoms with Gasteiger partial charge in [0.15, 0.2) is 11.0 Å². The molecule has 0 aliphatic rings. The van der Waals surface area contributed by atoms with Crippen LogP contribution in [0.2, 0.25) is 5.02 Å². The second kappa shape index (κ2) is 9.03. The normalized spacial score (nSPS) is 11.8. The van der Waals surface area contributed by atoms with Gasteiger partial charge in [-0.05, 0) is 43.3 Å². The van der Waals surface area contributed by atoms with Crippen LogP contribution in [0.3, 0.4) is 0 Å². The van der Waals surface area contributed by atoms with Crippen molar-refractivity contribution >= 4 is 35.0 Å². The molecule has 0 saturated carbocycles. The Hall–Kier alpha value is -2.64. The molecule has 0 aliphatic carbocycles. The summed E-state index contributed by atoms with van der Waals surface area (Å²) in [5.41, 5.74) is 1.29. The van der Waals surface area contributed by atoms with Gasteiger partial charge in [0.05, 0.1) is 16.0 Å². The molecule has 1 heterocycles. The summed E-state index contributed by atoms with van der Waals surface area (Å²) in [6.07, 6.45) is 1.72. The van der Waals surface area contributed by atoms with Crippen LogP contribution in [0, 0.1) is 5.82 Å². The van der Waals surface area contributed by atoms with Crippen LogP contribution in [0.5, 0.6) is 0 Å². The van der Waals surface area contributed by atoms with Crippen molar-refractivity contribution in [2.45, 2.75) is 23.9 Å². The summed E-state index contributed by atoms with van der Waals surface area (Å²) < 4.78 is 15.0. The van der Waals surface area contributed by atoms with Crippen LogP contribution in [0.15, 0.2) is 66.3 Å². The molecule has 1 aromatic heterocycles. The topological polar surface area (TPSA) is 59.8 Å². The number of amides is 1. The van der Waals surface area contributed by atoms with Crippen molar-refractivity contribution < 1.29 is 9.18 Å². The molecule has 144 valence electrons. The van der Waals surface area contributed by atoms with E-state index in [9.17, 15) is 9.18 Å². The zero-order valence-corrected chi connectivity index (χ0v) is 16.7. The number of hydrogen-bond donors (Lipinski definition) is 1. The lowest BCUT2D eigenvalue weighted by Crippen LogP contribution is -2.23. The van der Waals surface area contributed by atoms with E-state index in [1.165, 1.54) is 23.9 Å². The predicted molar refractivity (Wildman–Crippen MR) is 111 cm³/mol. The van der Waals surface area contributed by atoms with Crippen molar-refractivity contribution in [2.75, 3.05) is 5.32 Å². The number of thioether (sulfide) groups is 1. The smallest absolute Gasteiger partial charge is 0.237 e. The van der Waals surface area contributed by atoms with Gasteiger partial charge in [-0.2, -0.15) is 0 Å². The van der Waals surface area contributed by atoms with E-state index in [2.05, 4.69) is 22.1 Å². The Labute approximate surface area is 171 Å². The van der Waals surface area contributed by atoms with E-state index in [0.717, 1.165) is 5.56 Å². The van der Waals surface area contributed by atoms with Crippen LogP contribution in [0.1, 0.15) is 6.92 Å². The van der Waals surface area contributed by atoms with Crippen LogP contribution < -0.4 is 5.32 Å². The van der Waals surface area contributed by atoms with E-state index in [0.29, 0.717) is 28.2 Å². The van der Waals surface area contributed by atoms with E-state index in [4.69, 9.17) is 11.6 Å². The second-order valence-electron chi connectivity index (χ2n) is 5.94. The van der Waals surface area contributed by atoms with Gasteiger partial charge in [-0.25, -0.2) is 4.39 Å². The Kier molecular flexibility index (Phi) is 6.49. The van der Waals surface area contributed by atoms with Crippen LogP contribution >= 0.6 is 23.4 Å². The summed E-state index contributed by atoms with van der Waals surface area (Å²) in [7, 11) is 0. The van der Waals surface area contributed by atoms with Gasteiger partial charge in [0.1, 0.15) is 5.82 Å². The highest BCUT2D eigenvalue weighted by atomic mass is 35.5. The first-order valence-corrected chi connectivity index (χ1v) is 9.77. The van der Waals surface area contributed by atoms with E-state index in [1.807, 2.05) is 4.57 Å². The largest absolute Gasteiger partial charge is 0.324 e. The fourth-order valence-electron chi connectivity index (χ4n) is 2.49. The molecule has 3 rings (SSSR count). The first kappa shape index (κ1) is 20.1. The number of carbonyl (C=O) groups is 1. The molecule has 0 bridgehead atoms. The number of hydrogen-bond acceptors (Lipinski definition) is 4. The van der Waals surface area contributed by atoms with Gasteiger partial charge in [0.2, 0.25) is 5.91 Å². The summed E-state index contributed by atoms with van der Waals surface area (Å²) >= 11 is 7.37. The van der Waals surface area contributed by atoms with Crippen molar-refractivity contribution in [1.82, 2.24) is 14.8 Å². The molecule has 0 spiro atoms. The molecular weight excluding hydrogens is 399 g/mol. The zero-order chi connectivity index (χ0) is 20.1. The van der Waals surface area contributed by atoms with Crippen LogP contribution in [-0.4, -0.2) is 25.9 Å². The van der Waals surface area contributed by atoms with E-state index < -0.39 is 5.25 Å². The van der Waals surface area contributed by atoms with Crippen molar-refractivity contribution in [3.8, 4) is 11.4 Å². The highest BCUT2D eigenvalue weighted by Crippen LogP contribution is 2.28. The number of halogens is 2. The van der Waals surface area contributed by atoms with Gasteiger partial charge >= 0.3 is 0 Å². The molecule has 0 fully saturated rings. The van der Waals surface area contributed by atoms with Crippen molar-refractivity contribution in [2.24, 2.45) is 0 Å². The van der Waals surface area contributed by atoms with Gasteiger partial charge in [0, 0.05) is 12.1 Å². The van der Waals surface area contributed by atoms with Crippen LogP contribution in [0.25, 0.3) is 11.4 Å². The van der Waals surface area contributed by atoms with Gasteiger partial charge in [-0.3, -0.25) is 9.36 Å². The van der Waals surface area contributed by atoms with Crippen LogP contribution in [0.4, 0.5) is 10.1 Å². The minimum absolute atomic E-state index is 0.199. The fourth-order valence-corrected chi connectivity index (χ4v) is 3.53. The van der Waals surface area contributed by atoms with Gasteiger partial charge in [-0.15, -0.1) is 16.8 Å². The summed E-state index contributed by atoms with van der Waals surface area (Å²) in [6.45, 7) is 6.00. The Morgan fingerprint density at radius 1 is 1.29 bits per heavy atom. The average Bonchev–Trinajstić information content (AvgIpc) is 3.07. The highest BCUT2D eigenvalue weighted by molar-refractivity contribution is 8.00. The molecule has 8 heteroatoms. The molecule has 28 heavy (non-hydrogen) atoms. The van der Waals surface area contributed by atoms with E-state index in [-0.39, 0.29) is 11.7 Å². The molecule has 5 nitrogen and oxygen atoms in total. The summed E-state index contributed by atoms with van der Waals surface area (Å²) in [5, 5.41) is 11.8. The quantitative estimate of drug-likeness (QED) is 0.433. The summed E-state index contributed by atoms with van der Waals surface area (Å²) in [6, 6.07) is 13.1. The van der Waals surface area contributed by atoms with E-state index in [1.54, 1.807) is 49.4 Å². The Morgan fingerprint density at radius 3 is 2.68 bits per heavy atom. The lowest BCUT2D eigenvalue weighted by Gasteiger charge is -2.13. The fraction of sp³-hybridized carbons (Fsp3) is 0.150. The average molecular weight is 417 g/mol. The third-order valence-corrected chi connectivity index (χ3v) is 5.32. The molecule has 3 aromatic rings. The van der Waals surface area contributed by atoms with Crippen molar-refractivity contribution in [3.05, 3.63) is 72.0 Å². The third kappa shape index (κ3) is 4.61. The number of aromatic nitrogens is 3. The Morgan fingerprint density at radius 2 is 2.00 bits per heavy atom. The number of anilines is 1. The predicted octanol–water partition coefficient (Wildman–Crippen LogP) is 5.04. The first-order valence-electron chi connectivity index (χ1n) is 8.51. The van der Waals surface area contributed by atoms with Gasteiger partial charge < -0.3 is 5.32 Å². The van der Waals surface area contributed by atoms with Gasteiger partial charge in [-0.1, -0.05) is 41.6 Å². The van der Waals surface area contributed by atoms with Crippen molar-refractivity contribution in [1.29, 1.82) is 0 Å². The SMILES string of the molecule is C=CCn1c(S[C@H](C)C(=O)Nc2ccccc2Cl)nnc1-c1ccc(F)cc1. The standard InChI is InChI=1S/C20H18ClFN4OS/c1-3-12-26-18(14-8-10-15(22)11-9-14)24-25-20(26)28-13(2)19(27)23-17-7-5-4-6-16(17)21/h3-11,13H,1,12H2,2H3,(H,23,27)/t13-/m1/s1. The maximum Gasteiger partial charge on any atom is 0.237 e. The molecule has 1 N–H and O–H groups in total. The Balaban J connectivity index is 1.79. The lowest BCUT2D eigenvalue weighted by molar-refractivity contribution is -0.115. The Bertz CT molecular complexity index is 990. The monoisotopic (exact) mass is 416 g/mol. The second-order valence-corrected chi connectivity index (χ2v) is 7.66. The lowest BCUT2D eigenvalue weighted by atomic mass is 10.2. The number of nitrogens with zero attached hydrogens (tertiary/aromatic N) is 3. The number of para-hydroxylation sites is 1. The minimum Gasteiger partial charge on any atom is -0.324 e. The summed E-state index contributed by atoms with van der Waals surface area (Å²) in [5.74, 6) is 0.0636. The first-order chi connectivity index (χ1) is 13.5. The highest BCUT2D eigenvalue weighted by Gasteiger charge is 2.21. The molecule has 0 radical (unpaired) electrons. The summed E-state index contributed by atoms with van der Waals surface area (Å²) in [4.78, 5) is 12.5. The van der Waals surface area contributed by atoms with E-state index >= 15 is 0 Å². The molecule has 0 aliphatic heterocycles.